The molecule has 1 fully saturated rings. The van der Waals surface area contributed by atoms with Crippen molar-refractivity contribution in [2.75, 3.05) is 31.6 Å². The van der Waals surface area contributed by atoms with Gasteiger partial charge in [-0.3, -0.25) is 4.99 Å². The van der Waals surface area contributed by atoms with Gasteiger partial charge in [-0.15, -0.1) is 0 Å². The van der Waals surface area contributed by atoms with Crippen LogP contribution in [0.3, 0.4) is 0 Å². The molecule has 150 valence electrons. The Balaban J connectivity index is 1.42. The first-order chi connectivity index (χ1) is 13.6. The Morgan fingerprint density at radius 1 is 1.11 bits per heavy atom. The van der Waals surface area contributed by atoms with E-state index in [2.05, 4.69) is 44.6 Å². The predicted molar refractivity (Wildman–Crippen MR) is 113 cm³/mol. The van der Waals surface area contributed by atoms with Crippen LogP contribution in [-0.2, 0) is 13.0 Å². The highest BCUT2D eigenvalue weighted by molar-refractivity contribution is 5.79. The highest BCUT2D eigenvalue weighted by Gasteiger charge is 2.16. The minimum absolute atomic E-state index is 0.205. The van der Waals surface area contributed by atoms with Crippen LogP contribution in [0.5, 0.6) is 0 Å². The monoisotopic (exact) mass is 383 g/mol. The summed E-state index contributed by atoms with van der Waals surface area (Å²) in [5.41, 5.74) is 2.21. The van der Waals surface area contributed by atoms with Gasteiger partial charge in [-0.1, -0.05) is 25.1 Å². The van der Waals surface area contributed by atoms with Gasteiger partial charge in [-0.05, 0) is 54.5 Å². The second-order valence-electron chi connectivity index (χ2n) is 7.42. The van der Waals surface area contributed by atoms with E-state index in [0.29, 0.717) is 6.54 Å². The molecule has 6 heteroatoms. The average molecular weight is 384 g/mol. The highest BCUT2D eigenvalue weighted by Crippen LogP contribution is 2.21. The van der Waals surface area contributed by atoms with Crippen molar-refractivity contribution in [3.05, 3.63) is 59.5 Å². The van der Waals surface area contributed by atoms with E-state index in [0.717, 1.165) is 54.9 Å². The Labute approximate surface area is 167 Å². The Bertz CT molecular complexity index is 750. The van der Waals surface area contributed by atoms with Gasteiger partial charge >= 0.3 is 0 Å². The number of guanidine groups is 1. The molecule has 0 unspecified atom stereocenters. The van der Waals surface area contributed by atoms with E-state index in [1.807, 2.05) is 18.3 Å². The van der Waals surface area contributed by atoms with Crippen molar-refractivity contribution >= 4 is 11.8 Å². The molecule has 1 aromatic heterocycles. The van der Waals surface area contributed by atoms with E-state index in [-0.39, 0.29) is 5.82 Å². The Morgan fingerprint density at radius 2 is 1.82 bits per heavy atom. The van der Waals surface area contributed by atoms with E-state index < -0.39 is 0 Å². The zero-order valence-corrected chi connectivity index (χ0v) is 16.8. The lowest BCUT2D eigenvalue weighted by atomic mass is 9.99. The summed E-state index contributed by atoms with van der Waals surface area (Å²) >= 11 is 0. The van der Waals surface area contributed by atoms with E-state index in [9.17, 15) is 4.39 Å². The quantitative estimate of drug-likeness (QED) is 0.593. The molecule has 2 heterocycles. The third kappa shape index (κ3) is 5.94. The minimum Gasteiger partial charge on any atom is -0.357 e. The van der Waals surface area contributed by atoms with Gasteiger partial charge in [-0.25, -0.2) is 9.37 Å². The molecule has 0 radical (unpaired) electrons. The first-order valence-electron chi connectivity index (χ1n) is 10.0. The Hall–Kier alpha value is -2.63. The van der Waals surface area contributed by atoms with Gasteiger partial charge in [0, 0.05) is 39.4 Å². The third-order valence-corrected chi connectivity index (χ3v) is 5.22. The third-order valence-electron chi connectivity index (χ3n) is 5.22. The number of nitrogens with zero attached hydrogens (tertiary/aromatic N) is 3. The Morgan fingerprint density at radius 3 is 2.46 bits per heavy atom. The number of piperidine rings is 1. The van der Waals surface area contributed by atoms with Crippen LogP contribution in [0, 0.1) is 11.7 Å². The zero-order valence-electron chi connectivity index (χ0n) is 16.8. The molecule has 28 heavy (non-hydrogen) atoms. The number of aliphatic imine (C=N–C) groups is 1. The lowest BCUT2D eigenvalue weighted by molar-refractivity contribution is 0.436. The molecule has 1 aliphatic heterocycles. The fraction of sp³-hybridized carbons (Fsp3) is 0.455. The van der Waals surface area contributed by atoms with E-state index in [1.54, 1.807) is 7.05 Å². The van der Waals surface area contributed by atoms with E-state index in [1.165, 1.54) is 25.0 Å². The summed E-state index contributed by atoms with van der Waals surface area (Å²) in [7, 11) is 1.76. The average Bonchev–Trinajstić information content (AvgIpc) is 2.73. The number of hydrogen-bond donors (Lipinski definition) is 2. The number of nitrogens with one attached hydrogen (secondary N) is 2. The zero-order chi connectivity index (χ0) is 19.8. The van der Waals surface area contributed by atoms with Gasteiger partial charge < -0.3 is 15.5 Å². The van der Waals surface area contributed by atoms with Crippen LogP contribution >= 0.6 is 0 Å². The van der Waals surface area contributed by atoms with Gasteiger partial charge in [0.25, 0.3) is 0 Å². The highest BCUT2D eigenvalue weighted by atomic mass is 19.1. The molecule has 0 bridgehead atoms. The summed E-state index contributed by atoms with van der Waals surface area (Å²) in [6.45, 7) is 5.91. The van der Waals surface area contributed by atoms with Gasteiger partial charge in [0.05, 0.1) is 0 Å². The van der Waals surface area contributed by atoms with Crippen molar-refractivity contribution in [2.24, 2.45) is 10.9 Å². The second kappa shape index (κ2) is 10.1. The molecule has 1 saturated heterocycles. The maximum absolute atomic E-state index is 12.9. The van der Waals surface area contributed by atoms with Crippen molar-refractivity contribution in [2.45, 2.75) is 32.7 Å². The number of halogens is 1. The lowest BCUT2D eigenvalue weighted by Crippen LogP contribution is -2.38. The number of rotatable bonds is 6. The van der Waals surface area contributed by atoms with Crippen LogP contribution in [0.4, 0.5) is 10.2 Å². The predicted octanol–water partition coefficient (Wildman–Crippen LogP) is 3.36. The van der Waals surface area contributed by atoms with Gasteiger partial charge in [0.2, 0.25) is 0 Å². The standard InChI is InChI=1S/C22H30FN5/c1-17-10-13-28(14-11-17)21-8-5-19(15-26-21)16-27-22(24-2)25-12-9-18-3-6-20(23)7-4-18/h3-8,15,17H,9-14,16H2,1-2H3,(H2,24,25,27). The van der Waals surface area contributed by atoms with Crippen molar-refractivity contribution < 1.29 is 4.39 Å². The topological polar surface area (TPSA) is 52.6 Å². The van der Waals surface area contributed by atoms with Crippen LogP contribution < -0.4 is 15.5 Å². The summed E-state index contributed by atoms with van der Waals surface area (Å²) in [5, 5.41) is 6.60. The van der Waals surface area contributed by atoms with Crippen molar-refractivity contribution in [1.29, 1.82) is 0 Å². The first-order valence-corrected chi connectivity index (χ1v) is 10.0. The van der Waals surface area contributed by atoms with Crippen LogP contribution in [0.2, 0.25) is 0 Å². The van der Waals surface area contributed by atoms with Crippen LogP contribution in [-0.4, -0.2) is 37.6 Å². The van der Waals surface area contributed by atoms with Crippen molar-refractivity contribution in [3.8, 4) is 0 Å². The summed E-state index contributed by atoms with van der Waals surface area (Å²) in [6, 6.07) is 10.8. The van der Waals surface area contributed by atoms with E-state index in [4.69, 9.17) is 0 Å². The van der Waals surface area contributed by atoms with E-state index >= 15 is 0 Å². The minimum atomic E-state index is -0.205. The summed E-state index contributed by atoms with van der Waals surface area (Å²) in [4.78, 5) is 11.3. The van der Waals surface area contributed by atoms with Crippen molar-refractivity contribution in [3.63, 3.8) is 0 Å². The Kier molecular flexibility index (Phi) is 7.23. The normalized spacial score (nSPS) is 15.5. The van der Waals surface area contributed by atoms with Gasteiger partial charge in [-0.2, -0.15) is 0 Å². The van der Waals surface area contributed by atoms with Crippen LogP contribution in [0.1, 0.15) is 30.9 Å². The molecule has 1 aliphatic rings. The molecule has 0 amide bonds. The SMILES string of the molecule is CN=C(NCCc1ccc(F)cc1)NCc1ccc(N2CCC(C)CC2)nc1. The van der Waals surface area contributed by atoms with Gasteiger partial charge in [0.1, 0.15) is 11.6 Å². The molecule has 2 aromatic rings. The molecule has 5 nitrogen and oxygen atoms in total. The second-order valence-corrected chi connectivity index (χ2v) is 7.42. The largest absolute Gasteiger partial charge is 0.357 e. The first kappa shape index (κ1) is 20.1. The van der Waals surface area contributed by atoms with Crippen LogP contribution in [0.25, 0.3) is 0 Å². The summed E-state index contributed by atoms with van der Waals surface area (Å²) in [5.74, 6) is 2.43. The molecule has 0 atom stereocenters. The van der Waals surface area contributed by atoms with Crippen molar-refractivity contribution in [1.82, 2.24) is 15.6 Å². The molecule has 1 aromatic carbocycles. The molecule has 2 N–H and O–H groups in total. The number of pyridine rings is 1. The molecule has 3 rings (SSSR count). The molecular formula is C22H30FN5. The lowest BCUT2D eigenvalue weighted by Gasteiger charge is -2.31. The smallest absolute Gasteiger partial charge is 0.191 e. The fourth-order valence-electron chi connectivity index (χ4n) is 3.33. The molecule has 0 aliphatic carbocycles. The molecule has 0 saturated carbocycles. The molecular weight excluding hydrogens is 353 g/mol. The molecule has 0 spiro atoms. The number of hydrogen-bond acceptors (Lipinski definition) is 3. The number of aromatic nitrogens is 1. The van der Waals surface area contributed by atoms with Crippen LogP contribution in [0.15, 0.2) is 47.6 Å². The maximum Gasteiger partial charge on any atom is 0.191 e. The fourth-order valence-corrected chi connectivity index (χ4v) is 3.33. The number of benzene rings is 1. The summed E-state index contributed by atoms with van der Waals surface area (Å²) in [6.07, 6.45) is 5.23. The maximum atomic E-state index is 12.9. The van der Waals surface area contributed by atoms with Gasteiger partial charge in [0.15, 0.2) is 5.96 Å². The summed E-state index contributed by atoms with van der Waals surface area (Å²) < 4.78 is 12.9. The number of anilines is 1.